The summed E-state index contributed by atoms with van der Waals surface area (Å²) in [5, 5.41) is 7.39. The molecule has 1 aromatic heterocycles. The molecule has 0 aliphatic rings. The maximum atomic E-state index is 11.6. The summed E-state index contributed by atoms with van der Waals surface area (Å²) in [6, 6.07) is 6.88. The lowest BCUT2D eigenvalue weighted by Gasteiger charge is -2.03. The first-order valence-electron chi connectivity index (χ1n) is 5.85. The number of benzene rings is 1. The Balaban J connectivity index is 2.01. The molecule has 0 saturated heterocycles. The number of carbonyl (C=O) groups is 1. The van der Waals surface area contributed by atoms with Gasteiger partial charge in [0.2, 0.25) is 12.3 Å². The van der Waals surface area contributed by atoms with Crippen LogP contribution in [0.4, 0.5) is 0 Å². The second-order valence-corrected chi connectivity index (χ2v) is 3.81. The van der Waals surface area contributed by atoms with E-state index in [-0.39, 0.29) is 5.97 Å². The summed E-state index contributed by atoms with van der Waals surface area (Å²) in [4.78, 5) is 11.6. The van der Waals surface area contributed by atoms with Gasteiger partial charge in [-0.2, -0.15) is 0 Å². The number of hydrogen-bond acceptors (Lipinski definition) is 5. The third-order valence-electron chi connectivity index (χ3n) is 2.46. The lowest BCUT2D eigenvalue weighted by atomic mass is 10.1. The molecule has 0 spiro atoms. The number of ether oxygens (including phenoxy) is 1. The molecule has 1 aromatic carbocycles. The zero-order valence-corrected chi connectivity index (χ0v) is 10.1. The topological polar surface area (TPSA) is 65.2 Å². The molecule has 0 N–H and O–H groups in total. The highest BCUT2D eigenvalue weighted by Crippen LogP contribution is 2.17. The summed E-state index contributed by atoms with van der Waals surface area (Å²) in [7, 11) is 0. The van der Waals surface area contributed by atoms with E-state index in [0.717, 1.165) is 18.4 Å². The Morgan fingerprint density at radius 3 is 2.72 bits per heavy atom. The van der Waals surface area contributed by atoms with Crippen LogP contribution in [0.3, 0.4) is 0 Å². The van der Waals surface area contributed by atoms with Crippen LogP contribution in [0.15, 0.2) is 35.1 Å². The zero-order valence-electron chi connectivity index (χ0n) is 10.1. The van der Waals surface area contributed by atoms with Gasteiger partial charge in [0.25, 0.3) is 0 Å². The molecule has 0 bridgehead atoms. The number of nitrogens with zero attached hydrogens (tertiary/aromatic N) is 2. The minimum atomic E-state index is -0.305. The van der Waals surface area contributed by atoms with Crippen molar-refractivity contribution in [2.75, 3.05) is 6.61 Å². The van der Waals surface area contributed by atoms with Gasteiger partial charge in [-0.05, 0) is 30.7 Å². The number of unbranched alkanes of at least 4 members (excludes halogenated alkanes) is 1. The van der Waals surface area contributed by atoms with E-state index < -0.39 is 0 Å². The molecular weight excluding hydrogens is 232 g/mol. The quantitative estimate of drug-likeness (QED) is 0.599. The van der Waals surface area contributed by atoms with E-state index in [2.05, 4.69) is 10.2 Å². The van der Waals surface area contributed by atoms with Gasteiger partial charge < -0.3 is 9.15 Å². The Kier molecular flexibility index (Phi) is 4.06. The second kappa shape index (κ2) is 5.95. The number of aromatic nitrogens is 2. The van der Waals surface area contributed by atoms with E-state index in [1.807, 2.05) is 6.92 Å². The van der Waals surface area contributed by atoms with Crippen molar-refractivity contribution in [3.63, 3.8) is 0 Å². The summed E-state index contributed by atoms with van der Waals surface area (Å²) in [5.41, 5.74) is 1.30. The molecule has 0 amide bonds. The van der Waals surface area contributed by atoms with Gasteiger partial charge in [-0.3, -0.25) is 0 Å². The third-order valence-corrected chi connectivity index (χ3v) is 2.46. The molecule has 0 unspecified atom stereocenters. The Morgan fingerprint density at radius 1 is 1.33 bits per heavy atom. The van der Waals surface area contributed by atoms with E-state index in [1.165, 1.54) is 6.39 Å². The van der Waals surface area contributed by atoms with E-state index >= 15 is 0 Å². The normalized spacial score (nSPS) is 10.3. The number of hydrogen-bond donors (Lipinski definition) is 0. The van der Waals surface area contributed by atoms with Crippen molar-refractivity contribution in [2.45, 2.75) is 19.8 Å². The van der Waals surface area contributed by atoms with Gasteiger partial charge >= 0.3 is 5.97 Å². The molecule has 0 fully saturated rings. The Hall–Kier alpha value is -2.17. The summed E-state index contributed by atoms with van der Waals surface area (Å²) in [5.74, 6) is 0.126. The van der Waals surface area contributed by atoms with Crippen LogP contribution in [0.25, 0.3) is 11.5 Å². The molecule has 0 aliphatic carbocycles. The zero-order chi connectivity index (χ0) is 12.8. The molecule has 0 aliphatic heterocycles. The number of rotatable bonds is 5. The van der Waals surface area contributed by atoms with Gasteiger partial charge in [-0.1, -0.05) is 13.3 Å². The third kappa shape index (κ3) is 2.94. The van der Waals surface area contributed by atoms with Crippen molar-refractivity contribution in [1.29, 1.82) is 0 Å². The van der Waals surface area contributed by atoms with Crippen molar-refractivity contribution in [3.05, 3.63) is 36.2 Å². The van der Waals surface area contributed by atoms with Crippen molar-refractivity contribution < 1.29 is 13.9 Å². The van der Waals surface area contributed by atoms with Crippen LogP contribution in [-0.2, 0) is 4.74 Å². The summed E-state index contributed by atoms with van der Waals surface area (Å²) in [6.45, 7) is 2.51. The monoisotopic (exact) mass is 246 g/mol. The highest BCUT2D eigenvalue weighted by Gasteiger charge is 2.08. The molecule has 2 rings (SSSR count). The molecule has 5 nitrogen and oxygen atoms in total. The first kappa shape index (κ1) is 12.3. The van der Waals surface area contributed by atoms with Crippen LogP contribution in [0.1, 0.15) is 30.1 Å². The molecule has 1 heterocycles. The second-order valence-electron chi connectivity index (χ2n) is 3.81. The van der Waals surface area contributed by atoms with Crippen molar-refractivity contribution in [2.24, 2.45) is 0 Å². The molecule has 0 atom stereocenters. The van der Waals surface area contributed by atoms with Gasteiger partial charge in [-0.15, -0.1) is 10.2 Å². The lowest BCUT2D eigenvalue weighted by Crippen LogP contribution is -2.06. The largest absolute Gasteiger partial charge is 0.462 e. The molecule has 5 heteroatoms. The molecule has 0 saturated carbocycles. The SMILES string of the molecule is CCCCOC(=O)c1ccc(-c2nnco2)cc1. The maximum Gasteiger partial charge on any atom is 0.338 e. The average molecular weight is 246 g/mol. The van der Waals surface area contributed by atoms with Crippen LogP contribution in [-0.4, -0.2) is 22.8 Å². The number of carbonyl (C=O) groups excluding carboxylic acids is 1. The van der Waals surface area contributed by atoms with E-state index in [4.69, 9.17) is 9.15 Å². The van der Waals surface area contributed by atoms with Crippen LogP contribution in [0.2, 0.25) is 0 Å². The molecule has 94 valence electrons. The fraction of sp³-hybridized carbons (Fsp3) is 0.308. The van der Waals surface area contributed by atoms with Crippen molar-refractivity contribution in [1.82, 2.24) is 10.2 Å². The van der Waals surface area contributed by atoms with E-state index in [9.17, 15) is 4.79 Å². The van der Waals surface area contributed by atoms with Gasteiger partial charge in [0, 0.05) is 5.56 Å². The fourth-order valence-corrected chi connectivity index (χ4v) is 1.44. The minimum absolute atomic E-state index is 0.305. The molecule has 0 radical (unpaired) electrons. The van der Waals surface area contributed by atoms with Crippen molar-refractivity contribution >= 4 is 5.97 Å². The molecular formula is C13H14N2O3. The van der Waals surface area contributed by atoms with Crippen LogP contribution >= 0.6 is 0 Å². The summed E-state index contributed by atoms with van der Waals surface area (Å²) >= 11 is 0. The Bertz CT molecular complexity index is 491. The van der Waals surface area contributed by atoms with Gasteiger partial charge in [0.15, 0.2) is 0 Å². The number of esters is 1. The van der Waals surface area contributed by atoms with E-state index in [1.54, 1.807) is 24.3 Å². The first-order valence-corrected chi connectivity index (χ1v) is 5.85. The standard InChI is InChI=1S/C13H14N2O3/c1-2-3-8-17-13(16)11-6-4-10(5-7-11)12-15-14-9-18-12/h4-7,9H,2-3,8H2,1H3. The smallest absolute Gasteiger partial charge is 0.338 e. The van der Waals surface area contributed by atoms with Gasteiger partial charge in [-0.25, -0.2) is 4.79 Å². The molecule has 2 aromatic rings. The predicted molar refractivity (Wildman–Crippen MR) is 64.9 cm³/mol. The highest BCUT2D eigenvalue weighted by atomic mass is 16.5. The predicted octanol–water partition coefficient (Wildman–Crippen LogP) is 2.69. The van der Waals surface area contributed by atoms with Gasteiger partial charge in [0.05, 0.1) is 12.2 Å². The Labute approximate surface area is 105 Å². The van der Waals surface area contributed by atoms with Crippen LogP contribution in [0.5, 0.6) is 0 Å². The lowest BCUT2D eigenvalue weighted by molar-refractivity contribution is 0.0500. The van der Waals surface area contributed by atoms with E-state index in [0.29, 0.717) is 18.1 Å². The van der Waals surface area contributed by atoms with Crippen molar-refractivity contribution in [3.8, 4) is 11.5 Å². The first-order chi connectivity index (χ1) is 8.81. The van der Waals surface area contributed by atoms with Crippen LogP contribution in [0, 0.1) is 0 Å². The summed E-state index contributed by atoms with van der Waals surface area (Å²) in [6.07, 6.45) is 3.15. The van der Waals surface area contributed by atoms with Crippen LogP contribution < -0.4 is 0 Å². The fourth-order valence-electron chi connectivity index (χ4n) is 1.44. The maximum absolute atomic E-state index is 11.6. The highest BCUT2D eigenvalue weighted by molar-refractivity contribution is 5.89. The Morgan fingerprint density at radius 2 is 2.11 bits per heavy atom. The summed E-state index contributed by atoms with van der Waals surface area (Å²) < 4.78 is 10.2. The molecule has 18 heavy (non-hydrogen) atoms. The average Bonchev–Trinajstić information content (AvgIpc) is 2.93. The minimum Gasteiger partial charge on any atom is -0.462 e. The van der Waals surface area contributed by atoms with Gasteiger partial charge in [0.1, 0.15) is 0 Å².